The van der Waals surface area contributed by atoms with E-state index in [9.17, 15) is 0 Å². The van der Waals surface area contributed by atoms with Gasteiger partial charge in [0.2, 0.25) is 0 Å². The zero-order valence-corrected chi connectivity index (χ0v) is 20.8. The standard InChI is InChI=1S/10ClH.5O.4V/h10*1H;;;;;;;;;/q;;;;;;;;;;5*-2;4*+5/p-10. The van der Waals surface area contributed by atoms with Crippen LogP contribution in [0.15, 0.2) is 0 Å². The largest absolute Gasteiger partial charge is 5.00 e. The Morgan fingerprint density at radius 1 is 0.158 bits per heavy atom. The molecular formula is Cl10O5V4. The van der Waals surface area contributed by atoms with Gasteiger partial charge in [-0.1, -0.05) is 0 Å². The average molecular weight is 638 g/mol. The molecule has 0 bridgehead atoms. The van der Waals surface area contributed by atoms with Gasteiger partial charge in [-0.25, -0.2) is 0 Å². The normalized spacial score (nSPS) is 0. The van der Waals surface area contributed by atoms with Gasteiger partial charge >= 0.3 is 74.2 Å². The summed E-state index contributed by atoms with van der Waals surface area (Å²) in [6.07, 6.45) is 0. The molecule has 0 saturated heterocycles. The van der Waals surface area contributed by atoms with Gasteiger partial charge in [-0.2, -0.15) is 0 Å². The van der Waals surface area contributed by atoms with Crippen LogP contribution in [0.4, 0.5) is 0 Å². The zero-order chi connectivity index (χ0) is 0. The molecule has 0 amide bonds. The van der Waals surface area contributed by atoms with Crippen LogP contribution in [0.1, 0.15) is 0 Å². The van der Waals surface area contributed by atoms with E-state index in [-0.39, 0.29) is 226 Å². The van der Waals surface area contributed by atoms with Crippen molar-refractivity contribution < 1.29 is 226 Å². The van der Waals surface area contributed by atoms with Gasteiger partial charge in [0.25, 0.3) is 0 Å². The van der Waals surface area contributed by atoms with E-state index in [0.717, 1.165) is 0 Å². The summed E-state index contributed by atoms with van der Waals surface area (Å²) in [5, 5.41) is 0. The van der Waals surface area contributed by atoms with Crippen LogP contribution in [0.3, 0.4) is 0 Å². The van der Waals surface area contributed by atoms with E-state index in [1.807, 2.05) is 0 Å². The number of rotatable bonds is 0. The summed E-state index contributed by atoms with van der Waals surface area (Å²) in [4.78, 5) is 0. The van der Waals surface area contributed by atoms with Gasteiger partial charge in [0.15, 0.2) is 0 Å². The van der Waals surface area contributed by atoms with Crippen molar-refractivity contribution in [2.45, 2.75) is 0 Å². The molecular weight excluding hydrogens is 638 g/mol. The summed E-state index contributed by atoms with van der Waals surface area (Å²) < 4.78 is 0. The summed E-state index contributed by atoms with van der Waals surface area (Å²) >= 11 is 0. The number of halogens is 10. The Kier molecular flexibility index (Phi) is 11700. The van der Waals surface area contributed by atoms with Gasteiger partial charge in [-0.3, -0.25) is 0 Å². The number of hydrogen-bond acceptors (Lipinski definition) is 0. The first-order valence-corrected chi connectivity index (χ1v) is 0. The summed E-state index contributed by atoms with van der Waals surface area (Å²) in [5.74, 6) is 0. The third-order valence-electron chi connectivity index (χ3n) is 0. The van der Waals surface area contributed by atoms with Crippen molar-refractivity contribution in [1.29, 1.82) is 0 Å². The molecule has 0 aromatic heterocycles. The van der Waals surface area contributed by atoms with Gasteiger partial charge < -0.3 is 151 Å². The second-order valence-corrected chi connectivity index (χ2v) is 0. The summed E-state index contributed by atoms with van der Waals surface area (Å²) in [6, 6.07) is 0. The smallest absolute Gasteiger partial charge is 2.00 e. The molecule has 0 aromatic rings. The SMILES string of the molecule is [Cl-].[Cl-].[Cl-].[Cl-].[Cl-].[Cl-].[Cl-].[Cl-].[Cl-].[Cl-].[O-2].[O-2].[O-2].[O-2].[O-2].[V+5].[V+5].[V+5].[V+5]. The van der Waals surface area contributed by atoms with Crippen molar-refractivity contribution in [2.24, 2.45) is 0 Å². The van der Waals surface area contributed by atoms with Crippen LogP contribution in [0.5, 0.6) is 0 Å². The van der Waals surface area contributed by atoms with Crippen LogP contribution in [0.2, 0.25) is 0 Å². The Bertz CT molecular complexity index is 27.9. The summed E-state index contributed by atoms with van der Waals surface area (Å²) in [6.45, 7) is 0. The molecule has 5 nitrogen and oxygen atoms in total. The molecule has 0 fully saturated rings. The van der Waals surface area contributed by atoms with E-state index >= 15 is 0 Å². The Morgan fingerprint density at radius 3 is 0.158 bits per heavy atom. The Hall–Kier alpha value is 5.04. The second kappa shape index (κ2) is 441. The first-order chi connectivity index (χ1) is 0. The molecule has 19 heavy (non-hydrogen) atoms. The molecule has 0 aliphatic rings. The topological polar surface area (TPSA) is 142 Å². The molecule has 0 saturated carbocycles. The fourth-order valence-electron chi connectivity index (χ4n) is 0. The summed E-state index contributed by atoms with van der Waals surface area (Å²) in [7, 11) is 0. The van der Waals surface area contributed by atoms with E-state index in [0.29, 0.717) is 0 Å². The minimum absolute atomic E-state index is 0. The van der Waals surface area contributed by atoms with Crippen molar-refractivity contribution in [1.82, 2.24) is 0 Å². The van der Waals surface area contributed by atoms with E-state index in [4.69, 9.17) is 0 Å². The quantitative estimate of drug-likeness (QED) is 0.249. The maximum absolute atomic E-state index is 0. The van der Waals surface area contributed by atoms with Gasteiger partial charge in [0, 0.05) is 0 Å². The molecule has 0 N–H and O–H groups in total. The van der Waals surface area contributed by atoms with Crippen LogP contribution >= 0.6 is 0 Å². The molecule has 0 radical (unpaired) electrons. The molecule has 0 aliphatic heterocycles. The van der Waals surface area contributed by atoms with Crippen molar-refractivity contribution in [3.05, 3.63) is 0 Å². The molecule has 0 rings (SSSR count). The van der Waals surface area contributed by atoms with E-state index < -0.39 is 0 Å². The van der Waals surface area contributed by atoms with Crippen molar-refractivity contribution in [2.75, 3.05) is 0 Å². The summed E-state index contributed by atoms with van der Waals surface area (Å²) in [5.41, 5.74) is 0. The van der Waals surface area contributed by atoms with Crippen LogP contribution < -0.4 is 124 Å². The predicted octanol–water partition coefficient (Wildman–Crippen LogP) is -30.6. The molecule has 0 aliphatic carbocycles. The molecule has 0 aromatic carbocycles. The van der Waals surface area contributed by atoms with Crippen LogP contribution in [0, 0.1) is 0 Å². The van der Waals surface area contributed by atoms with Crippen molar-refractivity contribution >= 4 is 0 Å². The Balaban J connectivity index is 0. The van der Waals surface area contributed by atoms with E-state index in [1.54, 1.807) is 0 Å². The molecule has 0 unspecified atom stereocenters. The van der Waals surface area contributed by atoms with Gasteiger partial charge in [0.05, 0.1) is 0 Å². The van der Waals surface area contributed by atoms with Crippen molar-refractivity contribution in [3.63, 3.8) is 0 Å². The van der Waals surface area contributed by atoms with Crippen molar-refractivity contribution in [3.8, 4) is 0 Å². The van der Waals surface area contributed by atoms with Gasteiger partial charge in [0.1, 0.15) is 0 Å². The maximum Gasteiger partial charge on any atom is 5.00 e. The molecule has 0 heterocycles. The average Bonchev–Trinajstić information content (AvgIpc) is 0. The number of hydrogen-bond donors (Lipinski definition) is 0. The third-order valence-corrected chi connectivity index (χ3v) is 0. The third kappa shape index (κ3) is 402. The van der Waals surface area contributed by atoms with Crippen LogP contribution in [-0.4, -0.2) is 0 Å². The minimum atomic E-state index is 0. The monoisotopic (exact) mass is 633 g/mol. The molecule has 19 heteroatoms. The minimum Gasteiger partial charge on any atom is -2.00 e. The first-order valence-electron chi connectivity index (χ1n) is 0. The second-order valence-electron chi connectivity index (χ2n) is 0. The van der Waals surface area contributed by atoms with Crippen LogP contribution in [-0.2, 0) is 102 Å². The van der Waals surface area contributed by atoms with Gasteiger partial charge in [-0.15, -0.1) is 0 Å². The Morgan fingerprint density at radius 2 is 0.158 bits per heavy atom. The fourth-order valence-corrected chi connectivity index (χ4v) is 0. The first kappa shape index (κ1) is 503. The fraction of sp³-hybridized carbons (Fsp3) is 0. The predicted molar refractivity (Wildman–Crippen MR) is 3.43 cm³/mol. The molecule has 120 valence electrons. The van der Waals surface area contributed by atoms with E-state index in [2.05, 4.69) is 0 Å². The molecule has 0 spiro atoms. The molecule has 0 atom stereocenters. The zero-order valence-electron chi connectivity index (χ0n) is 7.61. The van der Waals surface area contributed by atoms with Gasteiger partial charge in [-0.05, 0) is 0 Å². The maximum atomic E-state index is 0. The van der Waals surface area contributed by atoms with Crippen LogP contribution in [0.25, 0.3) is 0 Å². The Labute approximate surface area is 222 Å². The van der Waals surface area contributed by atoms with E-state index in [1.165, 1.54) is 0 Å².